The van der Waals surface area contributed by atoms with Gasteiger partial charge >= 0.3 is 5.97 Å². The molecule has 4 heteroatoms. The molecule has 0 unspecified atom stereocenters. The van der Waals surface area contributed by atoms with Crippen LogP contribution in [0.5, 0.6) is 0 Å². The number of pyridine rings is 1. The number of aryl methyl sites for hydroxylation is 3. The van der Waals surface area contributed by atoms with Crippen LogP contribution in [0.4, 0.5) is 0 Å². The minimum atomic E-state index is -0.246. The Morgan fingerprint density at radius 3 is 2.60 bits per heavy atom. The number of fused-ring (bicyclic) bond motifs is 1. The summed E-state index contributed by atoms with van der Waals surface area (Å²) in [5, 5.41) is 2.75. The molecule has 0 amide bonds. The standard InChI is InChI=1S/C14H19NO2.C2H7N/c1-3-17-14(16)12-9-11-7-5-4-6-8-13(11)15-10(12)2;1-3-2/h9H,3-8H2,1-2H3;3H,1-2H3. The lowest BCUT2D eigenvalue weighted by atomic mass is 10.0. The lowest BCUT2D eigenvalue weighted by Gasteiger charge is -2.10. The zero-order valence-electron chi connectivity index (χ0n) is 13.1. The van der Waals surface area contributed by atoms with E-state index in [2.05, 4.69) is 10.3 Å². The second kappa shape index (κ2) is 8.69. The minimum Gasteiger partial charge on any atom is -0.462 e. The van der Waals surface area contributed by atoms with E-state index < -0.39 is 0 Å². The molecule has 0 spiro atoms. The Morgan fingerprint density at radius 1 is 1.30 bits per heavy atom. The van der Waals surface area contributed by atoms with Crippen LogP contribution in [-0.4, -0.2) is 31.7 Å². The molecule has 2 rings (SSSR count). The molecule has 0 saturated heterocycles. The molecule has 1 heterocycles. The zero-order valence-corrected chi connectivity index (χ0v) is 13.1. The van der Waals surface area contributed by atoms with Crippen LogP contribution in [0.25, 0.3) is 0 Å². The molecule has 0 saturated carbocycles. The van der Waals surface area contributed by atoms with Crippen molar-refractivity contribution in [2.24, 2.45) is 0 Å². The van der Waals surface area contributed by atoms with Crippen molar-refractivity contribution in [2.45, 2.75) is 46.0 Å². The molecule has 1 N–H and O–H groups in total. The van der Waals surface area contributed by atoms with Gasteiger partial charge in [0.05, 0.1) is 17.9 Å². The van der Waals surface area contributed by atoms with Crippen LogP contribution in [0.1, 0.15) is 53.5 Å². The first-order valence-corrected chi connectivity index (χ1v) is 7.39. The highest BCUT2D eigenvalue weighted by Crippen LogP contribution is 2.22. The quantitative estimate of drug-likeness (QED) is 0.667. The minimum absolute atomic E-state index is 0.246. The smallest absolute Gasteiger partial charge is 0.339 e. The van der Waals surface area contributed by atoms with E-state index in [4.69, 9.17) is 4.74 Å². The Kier molecular flexibility index (Phi) is 7.23. The summed E-state index contributed by atoms with van der Waals surface area (Å²) in [6.07, 6.45) is 5.73. The molecule has 0 radical (unpaired) electrons. The summed E-state index contributed by atoms with van der Waals surface area (Å²) < 4.78 is 5.05. The first-order chi connectivity index (χ1) is 9.63. The summed E-state index contributed by atoms with van der Waals surface area (Å²) in [5.74, 6) is -0.246. The zero-order chi connectivity index (χ0) is 15.0. The van der Waals surface area contributed by atoms with Crippen molar-refractivity contribution in [2.75, 3.05) is 20.7 Å². The van der Waals surface area contributed by atoms with Crippen LogP contribution in [0.2, 0.25) is 0 Å². The average molecular weight is 278 g/mol. The number of aromatic nitrogens is 1. The highest BCUT2D eigenvalue weighted by Gasteiger charge is 2.16. The number of carbonyl (C=O) groups excluding carboxylic acids is 1. The van der Waals surface area contributed by atoms with E-state index in [-0.39, 0.29) is 5.97 Å². The average Bonchev–Trinajstić information content (AvgIpc) is 2.63. The fourth-order valence-corrected chi connectivity index (χ4v) is 2.33. The Balaban J connectivity index is 0.000000612. The van der Waals surface area contributed by atoms with E-state index in [0.717, 1.165) is 18.5 Å². The van der Waals surface area contributed by atoms with Crippen LogP contribution in [0, 0.1) is 6.92 Å². The van der Waals surface area contributed by atoms with E-state index in [9.17, 15) is 4.79 Å². The third-order valence-corrected chi connectivity index (χ3v) is 3.24. The summed E-state index contributed by atoms with van der Waals surface area (Å²) in [6.45, 7) is 4.12. The summed E-state index contributed by atoms with van der Waals surface area (Å²) in [7, 11) is 3.75. The van der Waals surface area contributed by atoms with Gasteiger partial charge in [0.2, 0.25) is 0 Å². The number of esters is 1. The van der Waals surface area contributed by atoms with Crippen molar-refractivity contribution >= 4 is 5.97 Å². The first kappa shape index (κ1) is 16.6. The predicted molar refractivity (Wildman–Crippen MR) is 81.2 cm³/mol. The fourth-order valence-electron chi connectivity index (χ4n) is 2.33. The first-order valence-electron chi connectivity index (χ1n) is 7.39. The Bertz CT molecular complexity index is 444. The summed E-state index contributed by atoms with van der Waals surface area (Å²) in [4.78, 5) is 16.4. The number of nitrogens with one attached hydrogen (secondary N) is 1. The van der Waals surface area contributed by atoms with Crippen molar-refractivity contribution in [3.8, 4) is 0 Å². The second-order valence-electron chi connectivity index (χ2n) is 5.01. The van der Waals surface area contributed by atoms with Gasteiger partial charge in [-0.25, -0.2) is 4.79 Å². The highest BCUT2D eigenvalue weighted by molar-refractivity contribution is 5.90. The molecule has 112 valence electrons. The largest absolute Gasteiger partial charge is 0.462 e. The fraction of sp³-hybridized carbons (Fsp3) is 0.625. The van der Waals surface area contributed by atoms with E-state index in [1.54, 1.807) is 0 Å². The van der Waals surface area contributed by atoms with Crippen molar-refractivity contribution in [1.82, 2.24) is 10.3 Å². The van der Waals surface area contributed by atoms with E-state index in [1.807, 2.05) is 34.0 Å². The number of hydrogen-bond donors (Lipinski definition) is 1. The van der Waals surface area contributed by atoms with Crippen LogP contribution < -0.4 is 5.32 Å². The Hall–Kier alpha value is -1.42. The maximum Gasteiger partial charge on any atom is 0.339 e. The molecule has 1 aliphatic carbocycles. The summed E-state index contributed by atoms with van der Waals surface area (Å²) in [6, 6.07) is 1.99. The van der Waals surface area contributed by atoms with Crippen LogP contribution in [0.3, 0.4) is 0 Å². The van der Waals surface area contributed by atoms with Gasteiger partial charge in [-0.05, 0) is 65.3 Å². The predicted octanol–water partition coefficient (Wildman–Crippen LogP) is 2.67. The number of carbonyl (C=O) groups is 1. The van der Waals surface area contributed by atoms with Gasteiger partial charge in [-0.15, -0.1) is 0 Å². The lowest BCUT2D eigenvalue weighted by Crippen LogP contribution is -2.10. The van der Waals surface area contributed by atoms with Crippen molar-refractivity contribution in [3.05, 3.63) is 28.6 Å². The Morgan fingerprint density at radius 2 is 1.95 bits per heavy atom. The third-order valence-electron chi connectivity index (χ3n) is 3.24. The Labute approximate surface area is 121 Å². The topological polar surface area (TPSA) is 51.2 Å². The molecular formula is C16H26N2O2. The SMILES string of the molecule is CCOC(=O)c1cc2c(nc1C)CCCCC2.CNC. The molecule has 1 aromatic rings. The molecule has 0 aliphatic heterocycles. The molecule has 0 atom stereocenters. The van der Waals surface area contributed by atoms with Gasteiger partial charge in [0.1, 0.15) is 0 Å². The summed E-state index contributed by atoms with van der Waals surface area (Å²) >= 11 is 0. The van der Waals surface area contributed by atoms with E-state index >= 15 is 0 Å². The maximum atomic E-state index is 11.8. The van der Waals surface area contributed by atoms with E-state index in [0.29, 0.717) is 12.2 Å². The monoisotopic (exact) mass is 278 g/mol. The van der Waals surface area contributed by atoms with Crippen LogP contribution in [-0.2, 0) is 17.6 Å². The van der Waals surface area contributed by atoms with Crippen LogP contribution >= 0.6 is 0 Å². The van der Waals surface area contributed by atoms with Gasteiger partial charge in [0.15, 0.2) is 0 Å². The summed E-state index contributed by atoms with van der Waals surface area (Å²) in [5.41, 5.74) is 3.83. The molecule has 0 aromatic carbocycles. The normalized spacial score (nSPS) is 13.6. The van der Waals surface area contributed by atoms with Gasteiger partial charge in [0.25, 0.3) is 0 Å². The number of ether oxygens (including phenoxy) is 1. The lowest BCUT2D eigenvalue weighted by molar-refractivity contribution is 0.0525. The molecule has 20 heavy (non-hydrogen) atoms. The third kappa shape index (κ3) is 4.60. The van der Waals surface area contributed by atoms with Gasteiger partial charge in [-0.2, -0.15) is 0 Å². The molecule has 1 aliphatic rings. The molecule has 0 bridgehead atoms. The second-order valence-corrected chi connectivity index (χ2v) is 5.01. The van der Waals surface area contributed by atoms with Crippen molar-refractivity contribution in [3.63, 3.8) is 0 Å². The van der Waals surface area contributed by atoms with Gasteiger partial charge in [0, 0.05) is 5.69 Å². The maximum absolute atomic E-state index is 11.8. The van der Waals surface area contributed by atoms with Gasteiger partial charge < -0.3 is 10.1 Å². The van der Waals surface area contributed by atoms with Gasteiger partial charge in [-0.1, -0.05) is 6.42 Å². The molecule has 4 nitrogen and oxygen atoms in total. The molecule has 1 aromatic heterocycles. The van der Waals surface area contributed by atoms with Crippen LogP contribution in [0.15, 0.2) is 6.07 Å². The number of hydrogen-bond acceptors (Lipinski definition) is 4. The van der Waals surface area contributed by atoms with Crippen molar-refractivity contribution in [1.29, 1.82) is 0 Å². The van der Waals surface area contributed by atoms with Crippen molar-refractivity contribution < 1.29 is 9.53 Å². The number of nitrogens with zero attached hydrogens (tertiary/aromatic N) is 1. The molecular weight excluding hydrogens is 252 g/mol. The molecule has 0 fully saturated rings. The van der Waals surface area contributed by atoms with Gasteiger partial charge in [-0.3, -0.25) is 4.98 Å². The van der Waals surface area contributed by atoms with E-state index in [1.165, 1.54) is 30.5 Å². The highest BCUT2D eigenvalue weighted by atomic mass is 16.5. The number of rotatable bonds is 2.